The number of benzene rings is 1. The smallest absolute Gasteiger partial charge is 0.141 e. The van der Waals surface area contributed by atoms with Crippen molar-refractivity contribution in [1.82, 2.24) is 19.9 Å². The third-order valence-corrected chi connectivity index (χ3v) is 3.96. The number of aromatic nitrogens is 3. The van der Waals surface area contributed by atoms with E-state index in [9.17, 15) is 4.39 Å². The molecule has 6 nitrogen and oxygen atoms in total. The summed E-state index contributed by atoms with van der Waals surface area (Å²) in [6.45, 7) is 3.57. The highest BCUT2D eigenvalue weighted by molar-refractivity contribution is 6.30. The number of nitrogens with zero attached hydrogens (tertiary/aromatic N) is 4. The lowest BCUT2D eigenvalue weighted by Crippen LogP contribution is -2.43. The Morgan fingerprint density at radius 1 is 1.48 bits per heavy atom. The van der Waals surface area contributed by atoms with Gasteiger partial charge in [-0.15, -0.1) is 5.10 Å². The molecule has 0 radical (unpaired) electrons. The van der Waals surface area contributed by atoms with Crippen molar-refractivity contribution in [2.24, 2.45) is 0 Å². The number of rotatable bonds is 5. The summed E-state index contributed by atoms with van der Waals surface area (Å²) < 4.78 is 25.6. The molecule has 1 fully saturated rings. The van der Waals surface area contributed by atoms with Crippen molar-refractivity contribution in [3.8, 4) is 5.69 Å². The van der Waals surface area contributed by atoms with E-state index < -0.39 is 5.82 Å². The van der Waals surface area contributed by atoms with E-state index in [4.69, 9.17) is 21.1 Å². The Kier molecular flexibility index (Phi) is 5.22. The van der Waals surface area contributed by atoms with E-state index >= 15 is 0 Å². The Labute approximate surface area is 138 Å². The van der Waals surface area contributed by atoms with Gasteiger partial charge in [-0.25, -0.2) is 9.07 Å². The number of halogens is 2. The van der Waals surface area contributed by atoms with Crippen molar-refractivity contribution in [2.75, 3.05) is 33.4 Å². The van der Waals surface area contributed by atoms with Crippen LogP contribution in [0.25, 0.3) is 5.69 Å². The van der Waals surface area contributed by atoms with Crippen LogP contribution >= 0.6 is 11.6 Å². The molecule has 1 aromatic heterocycles. The van der Waals surface area contributed by atoms with Crippen LogP contribution in [-0.4, -0.2) is 59.4 Å². The van der Waals surface area contributed by atoms with Crippen LogP contribution in [0.5, 0.6) is 0 Å². The molecule has 8 heteroatoms. The van der Waals surface area contributed by atoms with E-state index in [1.54, 1.807) is 17.9 Å². The molecule has 0 aliphatic carbocycles. The van der Waals surface area contributed by atoms with Gasteiger partial charge < -0.3 is 9.47 Å². The molecule has 0 N–H and O–H groups in total. The Bertz CT molecular complexity index is 665. The lowest BCUT2D eigenvalue weighted by molar-refractivity contribution is -0.0633. The largest absolute Gasteiger partial charge is 0.382 e. The van der Waals surface area contributed by atoms with Crippen molar-refractivity contribution in [1.29, 1.82) is 0 Å². The summed E-state index contributed by atoms with van der Waals surface area (Å²) in [7, 11) is 1.67. The normalized spacial score (nSPS) is 19.2. The molecule has 124 valence electrons. The van der Waals surface area contributed by atoms with E-state index in [0.717, 1.165) is 18.8 Å². The first kappa shape index (κ1) is 16.3. The fraction of sp³-hybridized carbons (Fsp3) is 0.467. The first-order valence-electron chi connectivity index (χ1n) is 7.35. The Hall–Kier alpha value is -1.54. The van der Waals surface area contributed by atoms with Crippen LogP contribution in [0.4, 0.5) is 4.39 Å². The Morgan fingerprint density at radius 3 is 3.13 bits per heavy atom. The van der Waals surface area contributed by atoms with Crippen molar-refractivity contribution in [2.45, 2.75) is 12.6 Å². The molecule has 0 unspecified atom stereocenters. The van der Waals surface area contributed by atoms with Crippen molar-refractivity contribution in [3.05, 3.63) is 40.9 Å². The molecule has 1 aliphatic rings. The number of methoxy groups -OCH3 is 1. The monoisotopic (exact) mass is 340 g/mol. The van der Waals surface area contributed by atoms with Crippen LogP contribution in [0.2, 0.25) is 5.02 Å². The standard InChI is InChI=1S/C15H18ClFN4O2/c1-22-10-13-9-20(4-5-23-13)7-11-8-21(19-18-11)12-2-3-15(17)14(16)6-12/h2-3,6,8,13H,4-5,7,9-10H2,1H3/t13-/m1/s1. The summed E-state index contributed by atoms with van der Waals surface area (Å²) in [5.41, 5.74) is 1.51. The number of ether oxygens (including phenoxy) is 2. The van der Waals surface area contributed by atoms with E-state index in [2.05, 4.69) is 15.2 Å². The SMILES string of the molecule is COC[C@H]1CN(Cc2cn(-c3ccc(F)c(Cl)c3)nn2)CCO1. The molecule has 0 saturated carbocycles. The lowest BCUT2D eigenvalue weighted by Gasteiger charge is -2.31. The van der Waals surface area contributed by atoms with E-state index in [-0.39, 0.29) is 11.1 Å². The van der Waals surface area contributed by atoms with Gasteiger partial charge in [0.25, 0.3) is 0 Å². The molecule has 2 aromatic rings. The predicted molar refractivity (Wildman–Crippen MR) is 83.2 cm³/mol. The molecule has 3 rings (SSSR count). The molecule has 0 amide bonds. The predicted octanol–water partition coefficient (Wildman–Crippen LogP) is 1.91. The minimum atomic E-state index is -0.451. The second-order valence-electron chi connectivity index (χ2n) is 5.44. The van der Waals surface area contributed by atoms with Crippen molar-refractivity contribution < 1.29 is 13.9 Å². The van der Waals surface area contributed by atoms with Gasteiger partial charge in [-0.1, -0.05) is 16.8 Å². The van der Waals surface area contributed by atoms with Gasteiger partial charge in [0.2, 0.25) is 0 Å². The molecule has 2 heterocycles. The van der Waals surface area contributed by atoms with Crippen molar-refractivity contribution >= 4 is 11.6 Å². The fourth-order valence-electron chi connectivity index (χ4n) is 2.56. The van der Waals surface area contributed by atoms with Crippen LogP contribution in [0.1, 0.15) is 5.69 Å². The van der Waals surface area contributed by atoms with Crippen LogP contribution in [0.3, 0.4) is 0 Å². The summed E-state index contributed by atoms with van der Waals surface area (Å²) in [4.78, 5) is 2.25. The second kappa shape index (κ2) is 7.35. The van der Waals surface area contributed by atoms with E-state index in [1.165, 1.54) is 12.1 Å². The average Bonchev–Trinajstić information content (AvgIpc) is 2.99. The summed E-state index contributed by atoms with van der Waals surface area (Å²) >= 11 is 5.80. The summed E-state index contributed by atoms with van der Waals surface area (Å²) in [6, 6.07) is 4.46. The topological polar surface area (TPSA) is 52.4 Å². The summed E-state index contributed by atoms with van der Waals surface area (Å²) in [5.74, 6) is -0.451. The van der Waals surface area contributed by atoms with Gasteiger partial charge in [0.1, 0.15) is 5.82 Å². The third-order valence-electron chi connectivity index (χ3n) is 3.67. The highest BCUT2D eigenvalue weighted by Crippen LogP contribution is 2.18. The first-order chi connectivity index (χ1) is 11.2. The maximum atomic E-state index is 13.2. The van der Waals surface area contributed by atoms with E-state index in [0.29, 0.717) is 25.4 Å². The van der Waals surface area contributed by atoms with Crippen LogP contribution in [0, 0.1) is 5.82 Å². The van der Waals surface area contributed by atoms with Gasteiger partial charge >= 0.3 is 0 Å². The maximum Gasteiger partial charge on any atom is 0.141 e. The lowest BCUT2D eigenvalue weighted by atomic mass is 10.2. The van der Waals surface area contributed by atoms with Gasteiger partial charge in [0.05, 0.1) is 41.9 Å². The number of hydrogen-bond donors (Lipinski definition) is 0. The zero-order valence-electron chi connectivity index (χ0n) is 12.8. The average molecular weight is 341 g/mol. The quantitative estimate of drug-likeness (QED) is 0.832. The van der Waals surface area contributed by atoms with E-state index in [1.807, 2.05) is 6.20 Å². The molecule has 0 spiro atoms. The van der Waals surface area contributed by atoms with Crippen LogP contribution < -0.4 is 0 Å². The maximum absolute atomic E-state index is 13.2. The van der Waals surface area contributed by atoms with Gasteiger partial charge in [-0.3, -0.25) is 4.90 Å². The van der Waals surface area contributed by atoms with Gasteiger partial charge in [-0.05, 0) is 18.2 Å². The summed E-state index contributed by atoms with van der Waals surface area (Å²) in [6.07, 6.45) is 1.91. The molecule has 1 atom stereocenters. The number of hydrogen-bond acceptors (Lipinski definition) is 5. The minimum absolute atomic E-state index is 0.0649. The highest BCUT2D eigenvalue weighted by atomic mass is 35.5. The third kappa shape index (κ3) is 4.06. The van der Waals surface area contributed by atoms with Gasteiger partial charge in [-0.2, -0.15) is 0 Å². The zero-order chi connectivity index (χ0) is 16.2. The first-order valence-corrected chi connectivity index (χ1v) is 7.73. The molecular formula is C15H18ClFN4O2. The Morgan fingerprint density at radius 2 is 2.35 bits per heavy atom. The fourth-order valence-corrected chi connectivity index (χ4v) is 2.74. The highest BCUT2D eigenvalue weighted by Gasteiger charge is 2.21. The molecule has 1 saturated heterocycles. The molecule has 1 aliphatic heterocycles. The minimum Gasteiger partial charge on any atom is -0.382 e. The van der Waals surface area contributed by atoms with Crippen LogP contribution in [0.15, 0.2) is 24.4 Å². The molecule has 0 bridgehead atoms. The molecule has 1 aromatic carbocycles. The summed E-state index contributed by atoms with van der Waals surface area (Å²) in [5, 5.41) is 8.32. The van der Waals surface area contributed by atoms with Gasteiger partial charge in [0.15, 0.2) is 0 Å². The van der Waals surface area contributed by atoms with Crippen LogP contribution in [-0.2, 0) is 16.0 Å². The zero-order valence-corrected chi connectivity index (χ0v) is 13.5. The molecule has 23 heavy (non-hydrogen) atoms. The second-order valence-corrected chi connectivity index (χ2v) is 5.84. The van der Waals surface area contributed by atoms with Crippen molar-refractivity contribution in [3.63, 3.8) is 0 Å². The molecular weight excluding hydrogens is 323 g/mol. The number of morpholine rings is 1. The Balaban J connectivity index is 1.66. The van der Waals surface area contributed by atoms with Gasteiger partial charge in [0, 0.05) is 26.7 Å².